The molecule has 31 heavy (non-hydrogen) atoms. The number of carbonyl (C=O) groups excluding carboxylic acids is 2. The molecule has 0 aromatic carbocycles. The summed E-state index contributed by atoms with van der Waals surface area (Å²) in [6.45, 7) is 9.25. The number of methoxy groups -OCH3 is 1. The van der Waals surface area contributed by atoms with Gasteiger partial charge in [0.05, 0.1) is 30.1 Å². The SMILES string of the molecule is CCOC(=O)c1sc(N2CC[C@@H](NC(=O)c3nc(CC)c(CC)[nH]3)[C@@H](OC)C2)nc1C. The number of aromatic amines is 1. The summed E-state index contributed by atoms with van der Waals surface area (Å²) in [6.07, 6.45) is 2.08. The molecule has 1 aliphatic rings. The highest BCUT2D eigenvalue weighted by Crippen LogP contribution is 2.29. The average molecular weight is 450 g/mol. The normalized spacial score (nSPS) is 18.8. The van der Waals surface area contributed by atoms with Gasteiger partial charge in [0.2, 0.25) is 0 Å². The first-order chi connectivity index (χ1) is 14.9. The summed E-state index contributed by atoms with van der Waals surface area (Å²) in [4.78, 5) is 39.6. The number of hydrogen-bond donors (Lipinski definition) is 2. The van der Waals surface area contributed by atoms with Crippen molar-refractivity contribution in [1.82, 2.24) is 20.3 Å². The molecule has 2 aromatic rings. The number of H-pyrrole nitrogens is 1. The molecule has 0 bridgehead atoms. The smallest absolute Gasteiger partial charge is 0.350 e. The molecule has 0 spiro atoms. The van der Waals surface area contributed by atoms with Gasteiger partial charge in [0.1, 0.15) is 4.88 Å². The van der Waals surface area contributed by atoms with Crippen LogP contribution in [0.3, 0.4) is 0 Å². The van der Waals surface area contributed by atoms with Crippen molar-refractivity contribution in [3.63, 3.8) is 0 Å². The molecule has 2 N–H and O–H groups in total. The summed E-state index contributed by atoms with van der Waals surface area (Å²) in [5, 5.41) is 3.84. The van der Waals surface area contributed by atoms with Gasteiger partial charge in [-0.25, -0.2) is 14.8 Å². The average Bonchev–Trinajstić information content (AvgIpc) is 3.37. The molecule has 170 valence electrons. The summed E-state index contributed by atoms with van der Waals surface area (Å²) < 4.78 is 10.8. The summed E-state index contributed by atoms with van der Waals surface area (Å²) in [7, 11) is 1.64. The second-order valence-corrected chi connectivity index (χ2v) is 8.42. The molecule has 2 atom stereocenters. The van der Waals surface area contributed by atoms with Crippen LogP contribution in [0.5, 0.6) is 0 Å². The molecule has 0 saturated carbocycles. The van der Waals surface area contributed by atoms with E-state index in [9.17, 15) is 9.59 Å². The van der Waals surface area contributed by atoms with Crippen molar-refractivity contribution in [3.05, 3.63) is 27.8 Å². The second kappa shape index (κ2) is 10.2. The Labute approximate surface area is 186 Å². The van der Waals surface area contributed by atoms with Gasteiger partial charge in [0.15, 0.2) is 11.0 Å². The number of aryl methyl sites for hydroxylation is 3. The highest BCUT2D eigenvalue weighted by atomic mass is 32.1. The van der Waals surface area contributed by atoms with Gasteiger partial charge in [-0.05, 0) is 33.1 Å². The Hall–Kier alpha value is -2.46. The number of rotatable bonds is 8. The van der Waals surface area contributed by atoms with E-state index in [-0.39, 0.29) is 24.0 Å². The van der Waals surface area contributed by atoms with Crippen LogP contribution in [0, 0.1) is 6.92 Å². The maximum absolute atomic E-state index is 12.8. The summed E-state index contributed by atoms with van der Waals surface area (Å²) in [5.41, 5.74) is 2.60. The molecule has 1 fully saturated rings. The predicted octanol–water partition coefficient (Wildman–Crippen LogP) is 2.50. The van der Waals surface area contributed by atoms with Crippen LogP contribution >= 0.6 is 11.3 Å². The van der Waals surface area contributed by atoms with E-state index in [2.05, 4.69) is 25.2 Å². The van der Waals surface area contributed by atoms with Crippen LogP contribution in [-0.4, -0.2) is 65.8 Å². The number of amides is 1. The highest BCUT2D eigenvalue weighted by molar-refractivity contribution is 7.17. The minimum atomic E-state index is -0.342. The number of ether oxygens (including phenoxy) is 2. The lowest BCUT2D eigenvalue weighted by Gasteiger charge is -2.37. The van der Waals surface area contributed by atoms with Gasteiger partial charge in [-0.1, -0.05) is 25.2 Å². The minimum absolute atomic E-state index is 0.139. The van der Waals surface area contributed by atoms with E-state index in [1.807, 2.05) is 20.8 Å². The molecule has 9 nitrogen and oxygen atoms in total. The van der Waals surface area contributed by atoms with Crippen LogP contribution in [0.4, 0.5) is 5.13 Å². The quantitative estimate of drug-likeness (QED) is 0.596. The fourth-order valence-electron chi connectivity index (χ4n) is 3.77. The molecule has 10 heteroatoms. The number of hydrogen-bond acceptors (Lipinski definition) is 8. The topological polar surface area (TPSA) is 109 Å². The fourth-order valence-corrected chi connectivity index (χ4v) is 4.77. The van der Waals surface area contributed by atoms with E-state index in [1.54, 1.807) is 14.0 Å². The number of carbonyl (C=O) groups is 2. The zero-order valence-electron chi connectivity index (χ0n) is 18.8. The van der Waals surface area contributed by atoms with Gasteiger partial charge < -0.3 is 24.7 Å². The molecule has 3 heterocycles. The third kappa shape index (κ3) is 5.07. The lowest BCUT2D eigenvalue weighted by atomic mass is 10.0. The maximum Gasteiger partial charge on any atom is 0.350 e. The van der Waals surface area contributed by atoms with Crippen molar-refractivity contribution in [1.29, 1.82) is 0 Å². The molecular weight excluding hydrogens is 418 g/mol. The van der Waals surface area contributed by atoms with E-state index < -0.39 is 0 Å². The Balaban J connectivity index is 1.67. The van der Waals surface area contributed by atoms with E-state index in [1.165, 1.54) is 11.3 Å². The van der Waals surface area contributed by atoms with Crippen molar-refractivity contribution in [2.24, 2.45) is 0 Å². The molecule has 1 amide bonds. The van der Waals surface area contributed by atoms with Crippen molar-refractivity contribution in [3.8, 4) is 0 Å². The maximum atomic E-state index is 12.8. The first kappa shape index (κ1) is 23.2. The van der Waals surface area contributed by atoms with Gasteiger partial charge >= 0.3 is 5.97 Å². The third-order valence-electron chi connectivity index (χ3n) is 5.46. The number of esters is 1. The van der Waals surface area contributed by atoms with Gasteiger partial charge in [-0.3, -0.25) is 4.79 Å². The predicted molar refractivity (Wildman–Crippen MR) is 119 cm³/mol. The number of anilines is 1. The molecule has 0 unspecified atom stereocenters. The van der Waals surface area contributed by atoms with E-state index in [0.29, 0.717) is 42.5 Å². The largest absolute Gasteiger partial charge is 0.462 e. The lowest BCUT2D eigenvalue weighted by Crippen LogP contribution is -2.55. The Morgan fingerprint density at radius 3 is 2.65 bits per heavy atom. The van der Waals surface area contributed by atoms with Crippen molar-refractivity contribution >= 4 is 28.3 Å². The van der Waals surface area contributed by atoms with Crippen LogP contribution in [0.1, 0.15) is 64.6 Å². The number of aromatic nitrogens is 3. The standard InChI is InChI=1S/C21H31N5O4S/c1-6-13-14(7-2)24-18(23-13)19(27)25-15-9-10-26(11-16(15)29-5)21-22-12(4)17(31-21)20(28)30-8-3/h15-16H,6-11H2,1-5H3,(H,23,24)(H,25,27)/t15-,16+/m1/s1. The van der Waals surface area contributed by atoms with Crippen molar-refractivity contribution in [2.75, 3.05) is 31.7 Å². The zero-order valence-corrected chi connectivity index (χ0v) is 19.6. The van der Waals surface area contributed by atoms with Crippen LogP contribution < -0.4 is 10.2 Å². The first-order valence-corrected chi connectivity index (χ1v) is 11.5. The van der Waals surface area contributed by atoms with E-state index in [4.69, 9.17) is 9.47 Å². The van der Waals surface area contributed by atoms with Crippen molar-refractivity contribution in [2.45, 2.75) is 59.1 Å². The van der Waals surface area contributed by atoms with Crippen LogP contribution in [-0.2, 0) is 22.3 Å². The van der Waals surface area contributed by atoms with Gasteiger partial charge in [-0.15, -0.1) is 0 Å². The molecule has 0 aliphatic carbocycles. The third-order valence-corrected chi connectivity index (χ3v) is 6.66. The van der Waals surface area contributed by atoms with Crippen molar-refractivity contribution < 1.29 is 19.1 Å². The first-order valence-electron chi connectivity index (χ1n) is 10.7. The van der Waals surface area contributed by atoms with E-state index >= 15 is 0 Å². The highest BCUT2D eigenvalue weighted by Gasteiger charge is 2.33. The number of thiazole rings is 1. The zero-order chi connectivity index (χ0) is 22.5. The molecule has 0 radical (unpaired) electrons. The Morgan fingerprint density at radius 1 is 1.26 bits per heavy atom. The Morgan fingerprint density at radius 2 is 2.03 bits per heavy atom. The summed E-state index contributed by atoms with van der Waals surface area (Å²) >= 11 is 1.33. The van der Waals surface area contributed by atoms with Crippen LogP contribution in [0.15, 0.2) is 0 Å². The molecular formula is C21H31N5O4S. The van der Waals surface area contributed by atoms with Gasteiger partial charge in [-0.2, -0.15) is 0 Å². The monoisotopic (exact) mass is 449 g/mol. The molecule has 2 aromatic heterocycles. The molecule has 1 saturated heterocycles. The lowest BCUT2D eigenvalue weighted by molar-refractivity contribution is 0.0530. The van der Waals surface area contributed by atoms with Gasteiger partial charge in [0.25, 0.3) is 5.91 Å². The number of nitrogens with zero attached hydrogens (tertiary/aromatic N) is 3. The second-order valence-electron chi connectivity index (χ2n) is 7.44. The molecule has 1 aliphatic heterocycles. The molecule has 3 rings (SSSR count). The Kier molecular flexibility index (Phi) is 7.66. The Bertz CT molecular complexity index is 904. The summed E-state index contributed by atoms with van der Waals surface area (Å²) in [6, 6.07) is -0.139. The van der Waals surface area contributed by atoms with Crippen LogP contribution in [0.25, 0.3) is 0 Å². The van der Waals surface area contributed by atoms with Crippen LogP contribution in [0.2, 0.25) is 0 Å². The minimum Gasteiger partial charge on any atom is -0.462 e. The van der Waals surface area contributed by atoms with Gasteiger partial charge in [0, 0.05) is 25.9 Å². The number of piperidine rings is 1. The fraction of sp³-hybridized carbons (Fsp3) is 0.619. The summed E-state index contributed by atoms with van der Waals surface area (Å²) in [5.74, 6) is -0.212. The number of nitrogens with one attached hydrogen (secondary N) is 2. The number of imidazole rings is 1. The van der Waals surface area contributed by atoms with E-state index in [0.717, 1.165) is 29.4 Å².